The topological polar surface area (TPSA) is 82.8 Å². The van der Waals surface area contributed by atoms with Crippen molar-refractivity contribution < 1.29 is 4.79 Å². The molecule has 0 bridgehead atoms. The molecular formula is C19H30N6O2S. The third kappa shape index (κ3) is 4.88. The number of carbonyl (C=O) groups is 1. The zero-order valence-corrected chi connectivity index (χ0v) is 17.8. The number of fused-ring (bicyclic) bond motifs is 1. The van der Waals surface area contributed by atoms with Gasteiger partial charge < -0.3 is 15.1 Å². The van der Waals surface area contributed by atoms with Crippen LogP contribution in [0, 0.1) is 12.8 Å². The average Bonchev–Trinajstić information content (AvgIpc) is 3.12. The number of rotatable bonds is 8. The molecular weight excluding hydrogens is 376 g/mol. The average molecular weight is 407 g/mol. The van der Waals surface area contributed by atoms with E-state index in [1.165, 1.54) is 21.9 Å². The van der Waals surface area contributed by atoms with Gasteiger partial charge in [0, 0.05) is 31.4 Å². The maximum atomic E-state index is 12.6. The number of carbonyl (C=O) groups excluding carboxylic acids is 1. The Morgan fingerprint density at radius 1 is 1.39 bits per heavy atom. The van der Waals surface area contributed by atoms with Crippen molar-refractivity contribution in [2.24, 2.45) is 5.92 Å². The Bertz CT molecular complexity index is 860. The van der Waals surface area contributed by atoms with Crippen LogP contribution in [0.2, 0.25) is 0 Å². The molecule has 3 rings (SSSR count). The minimum Gasteiger partial charge on any atom is -0.356 e. The third-order valence-electron chi connectivity index (χ3n) is 5.27. The van der Waals surface area contributed by atoms with E-state index in [0.29, 0.717) is 23.7 Å². The second-order valence-electron chi connectivity index (χ2n) is 7.27. The maximum absolute atomic E-state index is 12.6. The third-order valence-corrected chi connectivity index (χ3v) is 6.24. The van der Waals surface area contributed by atoms with Crippen molar-refractivity contribution in [3.05, 3.63) is 22.1 Å². The number of nitrogens with one attached hydrogen (secondary N) is 1. The van der Waals surface area contributed by atoms with E-state index in [9.17, 15) is 9.59 Å². The van der Waals surface area contributed by atoms with Crippen LogP contribution in [-0.2, 0) is 4.79 Å². The van der Waals surface area contributed by atoms with Gasteiger partial charge in [0.15, 0.2) is 0 Å². The van der Waals surface area contributed by atoms with Gasteiger partial charge in [0.1, 0.15) is 0 Å². The smallest absolute Gasteiger partial charge is 0.275 e. The molecule has 0 spiro atoms. The second kappa shape index (κ2) is 9.47. The normalized spacial score (nSPS) is 17.4. The maximum Gasteiger partial charge on any atom is 0.275 e. The van der Waals surface area contributed by atoms with Gasteiger partial charge in [-0.3, -0.25) is 9.59 Å². The zero-order chi connectivity index (χ0) is 20.1. The van der Waals surface area contributed by atoms with Crippen molar-refractivity contribution in [1.82, 2.24) is 24.8 Å². The Labute approximate surface area is 169 Å². The van der Waals surface area contributed by atoms with E-state index in [0.717, 1.165) is 50.6 Å². The second-order valence-corrected chi connectivity index (χ2v) is 8.21. The molecule has 0 aliphatic carbocycles. The van der Waals surface area contributed by atoms with E-state index in [1.54, 1.807) is 0 Å². The summed E-state index contributed by atoms with van der Waals surface area (Å²) in [7, 11) is 0. The molecule has 28 heavy (non-hydrogen) atoms. The number of aryl methyl sites for hydroxylation is 1. The first-order chi connectivity index (χ1) is 13.5. The molecule has 0 radical (unpaired) electrons. The SMILES string of the molecule is CCN(CC)CCCNC(=O)[C@H]1CCCN(c2nn3c(=O)cc(C)nc3s2)C1. The van der Waals surface area contributed by atoms with Gasteiger partial charge in [0.25, 0.3) is 5.56 Å². The van der Waals surface area contributed by atoms with E-state index in [-0.39, 0.29) is 17.4 Å². The number of hydrogen-bond donors (Lipinski definition) is 1. The molecule has 2 aromatic rings. The van der Waals surface area contributed by atoms with E-state index >= 15 is 0 Å². The monoisotopic (exact) mass is 406 g/mol. The predicted octanol–water partition coefficient (Wildman–Crippen LogP) is 1.52. The lowest BCUT2D eigenvalue weighted by Crippen LogP contribution is -2.43. The van der Waals surface area contributed by atoms with Gasteiger partial charge in [-0.2, -0.15) is 4.52 Å². The van der Waals surface area contributed by atoms with Crippen molar-refractivity contribution in [2.45, 2.75) is 40.0 Å². The molecule has 154 valence electrons. The van der Waals surface area contributed by atoms with Crippen LogP contribution in [0.15, 0.2) is 10.9 Å². The molecule has 1 N–H and O–H groups in total. The van der Waals surface area contributed by atoms with Gasteiger partial charge in [0.05, 0.1) is 5.92 Å². The molecule has 1 atom stereocenters. The molecule has 8 nitrogen and oxygen atoms in total. The highest BCUT2D eigenvalue weighted by atomic mass is 32.1. The Hall–Kier alpha value is -2.00. The molecule has 1 amide bonds. The van der Waals surface area contributed by atoms with Crippen LogP contribution in [0.1, 0.15) is 38.8 Å². The highest BCUT2D eigenvalue weighted by Crippen LogP contribution is 2.26. The molecule has 9 heteroatoms. The standard InChI is InChI=1S/C19H30N6O2S/c1-4-23(5-2)10-7-9-20-17(27)15-8-6-11-24(13-15)19-22-25-16(26)12-14(3)21-18(25)28-19/h12,15H,4-11,13H2,1-3H3,(H,20,27)/t15-/m0/s1. The van der Waals surface area contributed by atoms with Crippen molar-refractivity contribution >= 4 is 27.3 Å². The van der Waals surface area contributed by atoms with Crippen LogP contribution in [-0.4, -0.2) is 64.7 Å². The minimum atomic E-state index is -0.162. The van der Waals surface area contributed by atoms with E-state index in [1.807, 2.05) is 6.92 Å². The predicted molar refractivity (Wildman–Crippen MR) is 112 cm³/mol. The number of nitrogens with zero attached hydrogens (tertiary/aromatic N) is 5. The lowest BCUT2D eigenvalue weighted by molar-refractivity contribution is -0.125. The number of amides is 1. The fraction of sp³-hybridized carbons (Fsp3) is 0.684. The lowest BCUT2D eigenvalue weighted by Gasteiger charge is -2.31. The Balaban J connectivity index is 1.57. The first-order valence-corrected chi connectivity index (χ1v) is 11.0. The fourth-order valence-corrected chi connectivity index (χ4v) is 4.59. The summed E-state index contributed by atoms with van der Waals surface area (Å²) in [6.07, 6.45) is 2.80. The van der Waals surface area contributed by atoms with Gasteiger partial charge in [0.2, 0.25) is 16.0 Å². The highest BCUT2D eigenvalue weighted by molar-refractivity contribution is 7.20. The summed E-state index contributed by atoms with van der Waals surface area (Å²) in [4.78, 5) is 34.1. The van der Waals surface area contributed by atoms with Crippen LogP contribution in [0.3, 0.4) is 0 Å². The Kier molecular flexibility index (Phi) is 7.01. The molecule has 0 saturated carbocycles. The first kappa shape index (κ1) is 20.7. The molecule has 1 aliphatic heterocycles. The Morgan fingerprint density at radius 3 is 2.93 bits per heavy atom. The summed E-state index contributed by atoms with van der Waals surface area (Å²) in [5, 5.41) is 8.29. The summed E-state index contributed by atoms with van der Waals surface area (Å²) in [5.41, 5.74) is 0.533. The van der Waals surface area contributed by atoms with Crippen molar-refractivity contribution in [3.63, 3.8) is 0 Å². The van der Waals surface area contributed by atoms with Crippen LogP contribution in [0.5, 0.6) is 0 Å². The number of aromatic nitrogens is 3. The summed E-state index contributed by atoms with van der Waals surface area (Å²) in [6, 6.07) is 1.49. The van der Waals surface area contributed by atoms with Gasteiger partial charge in [-0.25, -0.2) is 4.98 Å². The summed E-state index contributed by atoms with van der Waals surface area (Å²) in [6.45, 7) is 11.4. The van der Waals surface area contributed by atoms with Crippen molar-refractivity contribution in [3.8, 4) is 0 Å². The molecule has 0 unspecified atom stereocenters. The molecule has 1 aliphatic rings. The lowest BCUT2D eigenvalue weighted by atomic mass is 9.97. The van der Waals surface area contributed by atoms with Crippen LogP contribution in [0.25, 0.3) is 4.96 Å². The van der Waals surface area contributed by atoms with Crippen molar-refractivity contribution in [2.75, 3.05) is 44.2 Å². The van der Waals surface area contributed by atoms with Gasteiger partial charge >= 0.3 is 0 Å². The summed E-state index contributed by atoms with van der Waals surface area (Å²) < 4.78 is 1.35. The van der Waals surface area contributed by atoms with Gasteiger partial charge in [-0.05, 0) is 45.8 Å². The zero-order valence-electron chi connectivity index (χ0n) is 17.0. The molecule has 2 aromatic heterocycles. The minimum absolute atomic E-state index is 0.0411. The van der Waals surface area contributed by atoms with Gasteiger partial charge in [-0.15, -0.1) is 5.10 Å². The van der Waals surface area contributed by atoms with Gasteiger partial charge in [-0.1, -0.05) is 25.2 Å². The van der Waals surface area contributed by atoms with Crippen LogP contribution < -0.4 is 15.8 Å². The summed E-state index contributed by atoms with van der Waals surface area (Å²) >= 11 is 1.40. The summed E-state index contributed by atoms with van der Waals surface area (Å²) in [5.74, 6) is 0.0807. The number of hydrogen-bond acceptors (Lipinski definition) is 7. The molecule has 1 saturated heterocycles. The quantitative estimate of drug-likeness (QED) is 0.670. The molecule has 3 heterocycles. The van der Waals surface area contributed by atoms with E-state index in [4.69, 9.17) is 0 Å². The Morgan fingerprint density at radius 2 is 2.18 bits per heavy atom. The van der Waals surface area contributed by atoms with E-state index < -0.39 is 0 Å². The molecule has 1 fully saturated rings. The van der Waals surface area contributed by atoms with Crippen LogP contribution >= 0.6 is 11.3 Å². The first-order valence-electron chi connectivity index (χ1n) is 10.1. The number of anilines is 1. The number of piperidine rings is 1. The highest BCUT2D eigenvalue weighted by Gasteiger charge is 2.27. The van der Waals surface area contributed by atoms with E-state index in [2.05, 4.69) is 39.0 Å². The van der Waals surface area contributed by atoms with Crippen molar-refractivity contribution in [1.29, 1.82) is 0 Å². The molecule has 0 aromatic carbocycles. The fourth-order valence-electron chi connectivity index (χ4n) is 3.60. The van der Waals surface area contributed by atoms with Crippen LogP contribution in [0.4, 0.5) is 5.13 Å². The largest absolute Gasteiger partial charge is 0.356 e.